The second kappa shape index (κ2) is 10.4. The summed E-state index contributed by atoms with van der Waals surface area (Å²) in [5.41, 5.74) is 1.24. The molecule has 1 aliphatic heterocycles. The van der Waals surface area contributed by atoms with Crippen LogP contribution in [0.1, 0.15) is 24.0 Å². The molecule has 0 radical (unpaired) electrons. The number of likely N-dealkylation sites (tertiary alicyclic amines) is 1. The zero-order valence-electron chi connectivity index (χ0n) is 16.5. The average Bonchev–Trinajstić information content (AvgIpc) is 3.15. The van der Waals surface area contributed by atoms with Crippen molar-refractivity contribution in [3.63, 3.8) is 0 Å². The van der Waals surface area contributed by atoms with E-state index in [1.54, 1.807) is 30.3 Å². The van der Waals surface area contributed by atoms with Gasteiger partial charge in [-0.2, -0.15) is 5.26 Å². The third kappa shape index (κ3) is 5.51. The van der Waals surface area contributed by atoms with Gasteiger partial charge in [0.2, 0.25) is 0 Å². The monoisotopic (exact) mass is 427 g/mol. The van der Waals surface area contributed by atoms with Gasteiger partial charge in [-0.05, 0) is 12.1 Å². The minimum atomic E-state index is -0.709. The number of rotatable bonds is 9. The molecule has 0 amide bonds. The maximum absolute atomic E-state index is 10.5. The predicted octanol–water partition coefficient (Wildman–Crippen LogP) is 2.74. The molecule has 2 atom stereocenters. The molecule has 30 heavy (non-hydrogen) atoms. The van der Waals surface area contributed by atoms with Gasteiger partial charge in [0.1, 0.15) is 17.4 Å². The number of phenols is 1. The van der Waals surface area contributed by atoms with E-state index in [1.165, 1.54) is 0 Å². The van der Waals surface area contributed by atoms with Gasteiger partial charge >= 0.3 is 119 Å². The van der Waals surface area contributed by atoms with E-state index in [0.29, 0.717) is 17.3 Å². The summed E-state index contributed by atoms with van der Waals surface area (Å²) in [5, 5.41) is 33.4. The molecule has 0 aromatic heterocycles. The van der Waals surface area contributed by atoms with Gasteiger partial charge in [0.15, 0.2) is 0 Å². The van der Waals surface area contributed by atoms with Gasteiger partial charge in [0.25, 0.3) is 0 Å². The maximum atomic E-state index is 10.5. The van der Waals surface area contributed by atoms with Crippen molar-refractivity contribution in [3.05, 3.63) is 52.5 Å². The molecule has 0 aliphatic carbocycles. The van der Waals surface area contributed by atoms with Crippen molar-refractivity contribution >= 4 is 19.2 Å². The van der Waals surface area contributed by atoms with E-state index in [0.717, 1.165) is 31.4 Å². The first-order valence-corrected chi connectivity index (χ1v) is 10.1. The van der Waals surface area contributed by atoms with Crippen LogP contribution >= 0.6 is 11.6 Å². The van der Waals surface area contributed by atoms with Gasteiger partial charge in [0, 0.05) is 0 Å². The number of hydrogen-bond acceptors (Lipinski definition) is 7. The molecule has 9 heteroatoms. The number of aliphatic hydroxyl groups is 1. The normalized spacial score (nSPS) is 17.3. The zero-order valence-corrected chi connectivity index (χ0v) is 17.3. The van der Waals surface area contributed by atoms with E-state index < -0.39 is 6.10 Å². The number of aliphatic hydroxyl groups excluding tert-OH is 1. The van der Waals surface area contributed by atoms with Crippen LogP contribution in [0, 0.1) is 11.3 Å². The number of aromatic hydroxyl groups is 1. The number of β-amino-alcohol motifs (C(OH)–C–C–N with tert-alkyl or cyclic N) is 1. The number of ether oxygens (including phenoxy) is 1. The van der Waals surface area contributed by atoms with Gasteiger partial charge in [-0.25, -0.2) is 0 Å². The molecule has 2 aromatic carbocycles. The fourth-order valence-electron chi connectivity index (χ4n) is 3.72. The summed E-state index contributed by atoms with van der Waals surface area (Å²) >= 11 is 6.01. The summed E-state index contributed by atoms with van der Waals surface area (Å²) in [6.45, 7) is 1.41. The van der Waals surface area contributed by atoms with Gasteiger partial charge in [-0.15, -0.1) is 0 Å². The summed E-state index contributed by atoms with van der Waals surface area (Å²) in [6.07, 6.45) is 2.08. The SMILES string of the molecule is B=NOc1ccc(C[C@@H]2CCCN2C[C@@H](O)COc2cccc(Cl)c2C#N)cc1O. The summed E-state index contributed by atoms with van der Waals surface area (Å²) in [6, 6.07) is 12.5. The van der Waals surface area contributed by atoms with Crippen molar-refractivity contribution in [2.75, 3.05) is 19.7 Å². The van der Waals surface area contributed by atoms with Gasteiger partial charge < -0.3 is 4.74 Å². The van der Waals surface area contributed by atoms with Crippen LogP contribution in [0.15, 0.2) is 41.5 Å². The van der Waals surface area contributed by atoms with Gasteiger partial charge in [-0.1, -0.05) is 17.7 Å². The Morgan fingerprint density at radius 1 is 1.33 bits per heavy atom. The molecule has 1 fully saturated rings. The first-order chi connectivity index (χ1) is 14.5. The molecule has 7 nitrogen and oxygen atoms in total. The molecule has 0 bridgehead atoms. The van der Waals surface area contributed by atoms with Crippen molar-refractivity contribution in [1.29, 1.82) is 5.26 Å². The summed E-state index contributed by atoms with van der Waals surface area (Å²) in [7, 11) is 3.24. The number of halogens is 1. The van der Waals surface area contributed by atoms with Crippen molar-refractivity contribution in [3.8, 4) is 23.3 Å². The van der Waals surface area contributed by atoms with E-state index in [1.807, 2.05) is 12.1 Å². The Morgan fingerprint density at radius 2 is 2.17 bits per heavy atom. The standard InChI is InChI=1S/C21H23BClN3O4/c22-25-30-21-7-6-14(10-19(21)28)9-15-3-2-8-26(15)12-16(27)13-29-20-5-1-4-18(23)17(20)11-24/h1,4-7,10,15-16,22,27-28H,2-3,8-9,12-13H2/t15-,16+/m0/s1. The first kappa shape index (κ1) is 22.1. The Morgan fingerprint density at radius 3 is 2.90 bits per heavy atom. The van der Waals surface area contributed by atoms with Crippen LogP contribution in [0.3, 0.4) is 0 Å². The summed E-state index contributed by atoms with van der Waals surface area (Å²) in [5.74, 6) is 0.656. The fraction of sp³-hybridized carbons (Fsp3) is 0.381. The summed E-state index contributed by atoms with van der Waals surface area (Å²) in [4.78, 5) is 7.13. The summed E-state index contributed by atoms with van der Waals surface area (Å²) < 4.78 is 5.64. The predicted molar refractivity (Wildman–Crippen MR) is 114 cm³/mol. The van der Waals surface area contributed by atoms with Crippen LogP contribution in [0.25, 0.3) is 0 Å². The zero-order chi connectivity index (χ0) is 21.5. The molecule has 1 saturated heterocycles. The van der Waals surface area contributed by atoms with Crippen LogP contribution < -0.4 is 9.57 Å². The molecule has 0 spiro atoms. The Hall–Kier alpha value is -2.60. The molecule has 1 heterocycles. The minimum absolute atomic E-state index is 0.0210. The fourth-order valence-corrected chi connectivity index (χ4v) is 3.93. The third-order valence-corrected chi connectivity index (χ3v) is 5.44. The third-order valence-electron chi connectivity index (χ3n) is 5.12. The Balaban J connectivity index is 1.56. The van der Waals surface area contributed by atoms with Crippen molar-refractivity contribution in [2.24, 2.45) is 5.06 Å². The van der Waals surface area contributed by atoms with Gasteiger partial charge in [-0.3, -0.25) is 0 Å². The second-order valence-electron chi connectivity index (χ2n) is 7.21. The van der Waals surface area contributed by atoms with Crippen LogP contribution in [0.2, 0.25) is 5.02 Å². The van der Waals surface area contributed by atoms with Crippen molar-refractivity contribution < 1.29 is 19.8 Å². The Labute approximate surface area is 181 Å². The molecular formula is C21H23BClN3O4. The van der Waals surface area contributed by atoms with E-state index in [2.05, 4.69) is 17.6 Å². The number of benzene rings is 2. The number of phenolic OH excluding ortho intramolecular Hbond substituents is 1. The number of hydrogen-bond donors (Lipinski definition) is 2. The Bertz CT molecular complexity index is 937. The molecule has 2 aromatic rings. The van der Waals surface area contributed by atoms with Crippen molar-refractivity contribution in [1.82, 2.24) is 4.90 Å². The Kier molecular flexibility index (Phi) is 7.69. The molecule has 2 N–H and O–H groups in total. The average molecular weight is 428 g/mol. The molecule has 3 rings (SSSR count). The second-order valence-corrected chi connectivity index (χ2v) is 7.61. The van der Waals surface area contributed by atoms with Crippen molar-refractivity contribution in [2.45, 2.75) is 31.4 Å². The van der Waals surface area contributed by atoms with Crippen LogP contribution in [0.5, 0.6) is 17.2 Å². The van der Waals surface area contributed by atoms with Gasteiger partial charge in [0.05, 0.1) is 5.02 Å². The van der Waals surface area contributed by atoms with E-state index >= 15 is 0 Å². The first-order valence-electron chi connectivity index (χ1n) is 9.70. The number of nitriles is 1. The molecular weight excluding hydrogens is 405 g/mol. The number of nitrogens with zero attached hydrogens (tertiary/aromatic N) is 3. The van der Waals surface area contributed by atoms with Crippen LogP contribution in [0.4, 0.5) is 0 Å². The topological polar surface area (TPSA) is 98.3 Å². The molecule has 0 saturated carbocycles. The van der Waals surface area contributed by atoms with E-state index in [4.69, 9.17) is 21.2 Å². The van der Waals surface area contributed by atoms with Crippen LogP contribution in [-0.2, 0) is 6.42 Å². The van der Waals surface area contributed by atoms with E-state index in [-0.39, 0.29) is 29.7 Å². The molecule has 0 unspecified atom stereocenters. The molecule has 156 valence electrons. The van der Waals surface area contributed by atoms with E-state index in [9.17, 15) is 15.5 Å². The van der Waals surface area contributed by atoms with Crippen LogP contribution in [-0.4, -0.2) is 54.6 Å². The molecule has 1 aliphatic rings. The quantitative estimate of drug-likeness (QED) is 0.472.